The zero-order chi connectivity index (χ0) is 20.4. The van der Waals surface area contributed by atoms with Gasteiger partial charge in [-0.3, -0.25) is 4.79 Å². The van der Waals surface area contributed by atoms with E-state index in [0.717, 1.165) is 12.8 Å². The van der Waals surface area contributed by atoms with Gasteiger partial charge < -0.3 is 19.4 Å². The molecule has 3 rings (SSSR count). The van der Waals surface area contributed by atoms with Crippen LogP contribution < -0.4 is 15.6 Å². The van der Waals surface area contributed by atoms with Crippen LogP contribution in [0.3, 0.4) is 0 Å². The third-order valence-corrected chi connectivity index (χ3v) is 4.76. The summed E-state index contributed by atoms with van der Waals surface area (Å²) in [7, 11) is 1.59. The van der Waals surface area contributed by atoms with Gasteiger partial charge in [-0.2, -0.15) is 8.78 Å². The van der Waals surface area contributed by atoms with Gasteiger partial charge in [0.2, 0.25) is 5.88 Å². The number of nitrogens with zero attached hydrogens (tertiary/aromatic N) is 3. The van der Waals surface area contributed by atoms with Crippen molar-refractivity contribution in [1.82, 2.24) is 14.5 Å². The third-order valence-electron chi connectivity index (χ3n) is 4.57. The SMILES string of the molecule is COC[C@@H](C1CC1)n1cc(Cl)nc(Nc2cc(C)c(OC(F)F)nc2C)c1=O. The molecule has 2 aromatic heterocycles. The Morgan fingerprint density at radius 2 is 2.07 bits per heavy atom. The van der Waals surface area contributed by atoms with E-state index in [4.69, 9.17) is 16.3 Å². The van der Waals surface area contributed by atoms with Crippen LogP contribution in [0.15, 0.2) is 17.1 Å². The molecular formula is C18H21ClF2N4O3. The van der Waals surface area contributed by atoms with Crippen LogP contribution >= 0.6 is 11.6 Å². The minimum Gasteiger partial charge on any atom is -0.417 e. The van der Waals surface area contributed by atoms with Crippen LogP contribution in [0.5, 0.6) is 5.88 Å². The molecule has 0 saturated heterocycles. The van der Waals surface area contributed by atoms with E-state index in [0.29, 0.717) is 29.5 Å². The molecule has 2 heterocycles. The monoisotopic (exact) mass is 414 g/mol. The molecule has 2 aromatic rings. The number of aromatic nitrogens is 3. The molecule has 0 bridgehead atoms. The van der Waals surface area contributed by atoms with Gasteiger partial charge in [0, 0.05) is 18.9 Å². The van der Waals surface area contributed by atoms with Crippen LogP contribution in [0.2, 0.25) is 5.15 Å². The van der Waals surface area contributed by atoms with Crippen molar-refractivity contribution in [2.45, 2.75) is 39.3 Å². The fourth-order valence-corrected chi connectivity index (χ4v) is 3.23. The summed E-state index contributed by atoms with van der Waals surface area (Å²) in [5.41, 5.74) is 0.881. The highest BCUT2D eigenvalue weighted by Crippen LogP contribution is 2.39. The average molecular weight is 415 g/mol. The van der Waals surface area contributed by atoms with Crippen LogP contribution in [0.25, 0.3) is 0 Å². The number of pyridine rings is 1. The topological polar surface area (TPSA) is 78.3 Å². The fourth-order valence-electron chi connectivity index (χ4n) is 3.04. The Labute approximate surface area is 165 Å². The summed E-state index contributed by atoms with van der Waals surface area (Å²) >= 11 is 6.14. The lowest BCUT2D eigenvalue weighted by Gasteiger charge is -2.20. The zero-order valence-electron chi connectivity index (χ0n) is 15.7. The first-order chi connectivity index (χ1) is 13.3. The Bertz CT molecular complexity index is 918. The third kappa shape index (κ3) is 4.59. The minimum atomic E-state index is -2.97. The second-order valence-electron chi connectivity index (χ2n) is 6.73. The minimum absolute atomic E-state index is 0.0288. The first-order valence-electron chi connectivity index (χ1n) is 8.77. The molecule has 0 radical (unpaired) electrons. The molecule has 10 heteroatoms. The maximum absolute atomic E-state index is 13.0. The molecule has 1 atom stereocenters. The quantitative estimate of drug-likeness (QED) is 0.706. The van der Waals surface area contributed by atoms with E-state index in [-0.39, 0.29) is 28.5 Å². The molecule has 1 fully saturated rings. The average Bonchev–Trinajstić information content (AvgIpc) is 3.44. The van der Waals surface area contributed by atoms with E-state index in [1.807, 2.05) is 0 Å². The van der Waals surface area contributed by atoms with E-state index >= 15 is 0 Å². The Morgan fingerprint density at radius 3 is 2.68 bits per heavy atom. The summed E-state index contributed by atoms with van der Waals surface area (Å²) in [6.45, 7) is 0.622. The van der Waals surface area contributed by atoms with Crippen molar-refractivity contribution >= 4 is 23.1 Å². The Hall–Kier alpha value is -2.26. The number of halogens is 3. The van der Waals surface area contributed by atoms with Crippen molar-refractivity contribution in [3.63, 3.8) is 0 Å². The normalized spacial score (nSPS) is 15.0. The van der Waals surface area contributed by atoms with E-state index < -0.39 is 6.61 Å². The van der Waals surface area contributed by atoms with Crippen molar-refractivity contribution in [2.24, 2.45) is 5.92 Å². The Balaban J connectivity index is 1.95. The number of ether oxygens (including phenoxy) is 2. The Kier molecular flexibility index (Phi) is 6.14. The highest BCUT2D eigenvalue weighted by atomic mass is 35.5. The number of methoxy groups -OCH3 is 1. The van der Waals surface area contributed by atoms with Crippen molar-refractivity contribution < 1.29 is 18.3 Å². The molecule has 1 N–H and O–H groups in total. The lowest BCUT2D eigenvalue weighted by atomic mass is 10.2. The van der Waals surface area contributed by atoms with E-state index in [9.17, 15) is 13.6 Å². The highest BCUT2D eigenvalue weighted by Gasteiger charge is 2.33. The lowest BCUT2D eigenvalue weighted by molar-refractivity contribution is -0.0533. The Morgan fingerprint density at radius 1 is 1.36 bits per heavy atom. The van der Waals surface area contributed by atoms with Crippen LogP contribution in [-0.4, -0.2) is 34.9 Å². The van der Waals surface area contributed by atoms with Gasteiger partial charge in [-0.25, -0.2) is 9.97 Å². The molecule has 28 heavy (non-hydrogen) atoms. The van der Waals surface area contributed by atoms with Crippen LogP contribution in [0.1, 0.15) is 30.1 Å². The second kappa shape index (κ2) is 8.40. The van der Waals surface area contributed by atoms with Gasteiger partial charge in [-0.15, -0.1) is 0 Å². The maximum Gasteiger partial charge on any atom is 0.388 e. The number of rotatable bonds is 8. The first kappa shape index (κ1) is 20.5. The van der Waals surface area contributed by atoms with E-state index in [2.05, 4.69) is 20.0 Å². The van der Waals surface area contributed by atoms with Crippen molar-refractivity contribution in [3.05, 3.63) is 39.0 Å². The number of hydrogen-bond acceptors (Lipinski definition) is 6. The fraction of sp³-hybridized carbons (Fsp3) is 0.500. The summed E-state index contributed by atoms with van der Waals surface area (Å²) in [5, 5.41) is 3.08. The van der Waals surface area contributed by atoms with E-state index in [1.54, 1.807) is 31.6 Å². The summed E-state index contributed by atoms with van der Waals surface area (Å²) < 4.78 is 36.2. The molecule has 0 aliphatic heterocycles. The van der Waals surface area contributed by atoms with Gasteiger partial charge in [0.05, 0.1) is 24.0 Å². The first-order valence-corrected chi connectivity index (χ1v) is 9.15. The van der Waals surface area contributed by atoms with Gasteiger partial charge >= 0.3 is 6.61 Å². The second-order valence-corrected chi connectivity index (χ2v) is 7.12. The summed E-state index contributed by atoms with van der Waals surface area (Å²) in [4.78, 5) is 21.1. The summed E-state index contributed by atoms with van der Waals surface area (Å²) in [6.07, 6.45) is 3.56. The van der Waals surface area contributed by atoms with Gasteiger partial charge in [0.15, 0.2) is 5.82 Å². The molecule has 7 nitrogen and oxygen atoms in total. The van der Waals surface area contributed by atoms with Gasteiger partial charge in [0.1, 0.15) is 5.15 Å². The molecule has 0 amide bonds. The summed E-state index contributed by atoms with van der Waals surface area (Å²) in [6, 6.07) is 1.45. The van der Waals surface area contributed by atoms with Gasteiger partial charge in [-0.05, 0) is 38.7 Å². The van der Waals surface area contributed by atoms with Crippen LogP contribution in [0, 0.1) is 19.8 Å². The molecular weight excluding hydrogens is 394 g/mol. The predicted octanol–water partition coefficient (Wildman–Crippen LogP) is 3.85. The van der Waals surface area contributed by atoms with Gasteiger partial charge in [-0.1, -0.05) is 11.6 Å². The molecule has 0 spiro atoms. The van der Waals surface area contributed by atoms with E-state index in [1.165, 1.54) is 6.20 Å². The molecule has 1 aliphatic carbocycles. The molecule has 1 saturated carbocycles. The number of alkyl halides is 2. The number of anilines is 2. The molecule has 0 unspecified atom stereocenters. The largest absolute Gasteiger partial charge is 0.417 e. The zero-order valence-corrected chi connectivity index (χ0v) is 16.5. The molecule has 152 valence electrons. The summed E-state index contributed by atoms with van der Waals surface area (Å²) in [5.74, 6) is 0.227. The van der Waals surface area contributed by atoms with Crippen molar-refractivity contribution in [3.8, 4) is 5.88 Å². The highest BCUT2D eigenvalue weighted by molar-refractivity contribution is 6.29. The number of aryl methyl sites for hydroxylation is 2. The smallest absolute Gasteiger partial charge is 0.388 e. The molecule has 0 aromatic carbocycles. The predicted molar refractivity (Wildman–Crippen MR) is 101 cm³/mol. The number of hydrogen-bond donors (Lipinski definition) is 1. The van der Waals surface area contributed by atoms with Gasteiger partial charge in [0.25, 0.3) is 5.56 Å². The van der Waals surface area contributed by atoms with Crippen LogP contribution in [0.4, 0.5) is 20.3 Å². The maximum atomic E-state index is 13.0. The number of nitrogens with one attached hydrogen (secondary N) is 1. The van der Waals surface area contributed by atoms with Crippen molar-refractivity contribution in [2.75, 3.05) is 19.0 Å². The van der Waals surface area contributed by atoms with Crippen LogP contribution in [-0.2, 0) is 4.74 Å². The van der Waals surface area contributed by atoms with Crippen molar-refractivity contribution in [1.29, 1.82) is 0 Å². The molecule has 1 aliphatic rings. The standard InChI is InChI=1S/C18H21ClF2N4O3/c1-9-6-12(10(2)22-16(9)28-18(20)21)23-15-17(26)25(7-14(19)24-15)13(8-27-3)11-4-5-11/h6-7,11,13,18H,4-5,8H2,1-3H3,(H,23,24)/t13-/m0/s1. The lowest BCUT2D eigenvalue weighted by Crippen LogP contribution is -2.30.